The van der Waals surface area contributed by atoms with Gasteiger partial charge in [-0.05, 0) is 109 Å². The Kier molecular flexibility index (Phi) is 6.25. The second kappa shape index (κ2) is 9.18. The van der Waals surface area contributed by atoms with E-state index in [0.29, 0.717) is 37.2 Å². The van der Waals surface area contributed by atoms with Gasteiger partial charge in [-0.1, -0.05) is 18.2 Å². The number of aliphatic hydroxyl groups is 3. The van der Waals surface area contributed by atoms with Crippen molar-refractivity contribution in [2.75, 3.05) is 6.61 Å². The molecule has 0 unspecified atom stereocenters. The predicted molar refractivity (Wildman–Crippen MR) is 158 cm³/mol. The van der Waals surface area contributed by atoms with Crippen LogP contribution in [0, 0.1) is 29.6 Å². The summed E-state index contributed by atoms with van der Waals surface area (Å²) in [5.41, 5.74) is -6.36. The van der Waals surface area contributed by atoms with Gasteiger partial charge in [0.15, 0.2) is 5.78 Å². The van der Waals surface area contributed by atoms with Gasteiger partial charge in [-0.2, -0.15) is 0 Å². The largest absolute Gasteiger partial charge is 0.487 e. The number of aryl methyl sites for hydroxylation is 1. The highest BCUT2D eigenvalue weighted by Gasteiger charge is 2.83. The number of ketones is 1. The molecule has 0 radical (unpaired) electrons. The van der Waals surface area contributed by atoms with Gasteiger partial charge in [-0.15, -0.1) is 0 Å². The number of epoxide rings is 1. The molecule has 1 spiro atoms. The second-order valence-electron chi connectivity index (χ2n) is 14.8. The van der Waals surface area contributed by atoms with Gasteiger partial charge >= 0.3 is 5.97 Å². The highest BCUT2D eigenvalue weighted by Crippen LogP contribution is 2.75. The van der Waals surface area contributed by atoms with Gasteiger partial charge in [-0.3, -0.25) is 4.79 Å². The highest BCUT2D eigenvalue weighted by atomic mass is 16.6. The van der Waals surface area contributed by atoms with Crippen LogP contribution in [-0.2, 0) is 19.0 Å². The topological polar surface area (TPSA) is 139 Å². The minimum Gasteiger partial charge on any atom is -0.487 e. The zero-order chi connectivity index (χ0) is 31.7. The molecule has 4 aliphatic carbocycles. The van der Waals surface area contributed by atoms with Crippen molar-refractivity contribution in [3.05, 3.63) is 59.3 Å². The van der Waals surface area contributed by atoms with Crippen molar-refractivity contribution in [3.63, 3.8) is 0 Å². The quantitative estimate of drug-likeness (QED) is 0.326. The minimum atomic E-state index is -1.92. The first-order valence-electron chi connectivity index (χ1n) is 15.9. The summed E-state index contributed by atoms with van der Waals surface area (Å²) >= 11 is 0. The minimum absolute atomic E-state index is 0.00340. The molecule has 3 N–H and O–H groups in total. The molecule has 3 saturated carbocycles. The SMILES string of the molecule is C=C1O[C@@H]([C@](C)(O)[C@]2(O)CC[C@@]3(O)[C@@H]4C[C@H]5O[C@]56CC=CC(=O)[C@]6(C)[C@H]4CC[C@]23COC(=O)c2ccc(C)o2)CC(C)=C1C. The normalized spacial score (nSPS) is 45.5. The van der Waals surface area contributed by atoms with E-state index in [-0.39, 0.29) is 49.4 Å². The summed E-state index contributed by atoms with van der Waals surface area (Å²) in [4.78, 5) is 26.9. The fraction of sp³-hybridized carbons (Fsp3) is 0.657. The van der Waals surface area contributed by atoms with Crippen LogP contribution in [0.3, 0.4) is 0 Å². The number of hydrogen-bond donors (Lipinski definition) is 3. The van der Waals surface area contributed by atoms with Gasteiger partial charge in [-0.25, -0.2) is 4.79 Å². The standard InChI is InChI=1S/C35H44O9/c1-19-16-27(43-22(4)21(19)3)31(6,38)35(40)15-14-33(39)24-17-28-34(44-28)12-7-8-26(36)30(34,5)23(24)11-13-32(33,35)18-41-29(37)25-10-9-20(2)42-25/h7-10,23-24,27-28,38-40H,4,11-18H2,1-3,5-6H3/t23-,24+,27+,28+,30-,31-,32+,33+,34+,35+/m0/s1. The Bertz CT molecular complexity index is 1520. The van der Waals surface area contributed by atoms with Crippen molar-refractivity contribution in [1.82, 2.24) is 0 Å². The number of furan rings is 1. The molecule has 0 amide bonds. The zero-order valence-corrected chi connectivity index (χ0v) is 26.3. The van der Waals surface area contributed by atoms with E-state index in [0.717, 1.165) is 11.1 Å². The van der Waals surface area contributed by atoms with Crippen LogP contribution in [0.4, 0.5) is 0 Å². The van der Waals surface area contributed by atoms with Gasteiger partial charge in [0.1, 0.15) is 41.0 Å². The first-order chi connectivity index (χ1) is 20.6. The maximum Gasteiger partial charge on any atom is 0.374 e. The molecule has 4 fully saturated rings. The number of allylic oxidation sites excluding steroid dienone is 2. The predicted octanol–water partition coefficient (Wildman–Crippen LogP) is 4.48. The molecule has 6 aliphatic rings. The van der Waals surface area contributed by atoms with Crippen molar-refractivity contribution >= 4 is 11.8 Å². The summed E-state index contributed by atoms with van der Waals surface area (Å²) in [5.74, 6) is -0.355. The van der Waals surface area contributed by atoms with Gasteiger partial charge in [0.2, 0.25) is 5.76 Å². The summed E-state index contributed by atoms with van der Waals surface area (Å²) in [6.07, 6.45) is 4.92. The van der Waals surface area contributed by atoms with E-state index in [1.165, 1.54) is 6.07 Å². The lowest BCUT2D eigenvalue weighted by atomic mass is 9.42. The number of fused-ring (bicyclic) bond motifs is 4. The third-order valence-corrected chi connectivity index (χ3v) is 13.3. The zero-order valence-electron chi connectivity index (χ0n) is 26.3. The van der Waals surface area contributed by atoms with Gasteiger partial charge < -0.3 is 33.9 Å². The third-order valence-electron chi connectivity index (χ3n) is 13.3. The van der Waals surface area contributed by atoms with E-state index in [1.807, 2.05) is 26.8 Å². The van der Waals surface area contributed by atoms with Crippen LogP contribution in [0.5, 0.6) is 0 Å². The van der Waals surface area contributed by atoms with E-state index < -0.39 is 51.2 Å². The number of rotatable bonds is 5. The van der Waals surface area contributed by atoms with Crippen LogP contribution >= 0.6 is 0 Å². The molecule has 238 valence electrons. The summed E-state index contributed by atoms with van der Waals surface area (Å²) in [5, 5.41) is 38.5. The lowest BCUT2D eigenvalue weighted by Gasteiger charge is -2.64. The van der Waals surface area contributed by atoms with Crippen molar-refractivity contribution < 1.29 is 43.5 Å². The smallest absolute Gasteiger partial charge is 0.374 e. The van der Waals surface area contributed by atoms with Crippen LogP contribution in [-0.4, -0.2) is 68.3 Å². The molecule has 9 nitrogen and oxygen atoms in total. The van der Waals surface area contributed by atoms with E-state index in [2.05, 4.69) is 6.58 Å². The molecule has 7 rings (SSSR count). The Morgan fingerprint density at radius 2 is 1.91 bits per heavy atom. The Labute approximate surface area is 257 Å². The number of hydrogen-bond acceptors (Lipinski definition) is 9. The highest BCUT2D eigenvalue weighted by molar-refractivity contribution is 5.97. The summed E-state index contributed by atoms with van der Waals surface area (Å²) in [6.45, 7) is 12.8. The molecule has 0 aromatic carbocycles. The molecule has 1 saturated heterocycles. The first kappa shape index (κ1) is 30.0. The summed E-state index contributed by atoms with van der Waals surface area (Å²) < 4.78 is 23.9. The molecule has 9 heteroatoms. The monoisotopic (exact) mass is 608 g/mol. The Balaban J connectivity index is 1.31. The maximum atomic E-state index is 13.6. The summed E-state index contributed by atoms with van der Waals surface area (Å²) in [6, 6.07) is 3.20. The number of carbonyl (C=O) groups is 2. The molecule has 2 aliphatic heterocycles. The molecule has 3 heterocycles. The average Bonchev–Trinajstić information content (AvgIpc) is 3.41. The van der Waals surface area contributed by atoms with Gasteiger partial charge in [0.05, 0.1) is 22.5 Å². The van der Waals surface area contributed by atoms with Crippen LogP contribution in [0.1, 0.15) is 89.0 Å². The molecule has 1 aromatic heterocycles. The fourth-order valence-corrected chi connectivity index (χ4v) is 10.3. The van der Waals surface area contributed by atoms with E-state index in [1.54, 1.807) is 26.0 Å². The third kappa shape index (κ3) is 3.44. The molecule has 1 aromatic rings. The van der Waals surface area contributed by atoms with Crippen molar-refractivity contribution in [2.24, 2.45) is 22.7 Å². The Morgan fingerprint density at radius 3 is 2.59 bits per heavy atom. The van der Waals surface area contributed by atoms with Crippen molar-refractivity contribution in [2.45, 2.75) is 114 Å². The van der Waals surface area contributed by atoms with Crippen molar-refractivity contribution in [1.29, 1.82) is 0 Å². The molecule has 10 atom stereocenters. The average molecular weight is 609 g/mol. The van der Waals surface area contributed by atoms with E-state index in [4.69, 9.17) is 18.6 Å². The Morgan fingerprint density at radius 1 is 1.16 bits per heavy atom. The van der Waals surface area contributed by atoms with Crippen LogP contribution in [0.15, 0.2) is 52.2 Å². The molecular weight excluding hydrogens is 564 g/mol. The molecule has 44 heavy (non-hydrogen) atoms. The van der Waals surface area contributed by atoms with Crippen LogP contribution < -0.4 is 0 Å². The maximum absolute atomic E-state index is 13.6. The van der Waals surface area contributed by atoms with Gasteiger partial charge in [0.25, 0.3) is 0 Å². The van der Waals surface area contributed by atoms with E-state index in [9.17, 15) is 24.9 Å². The van der Waals surface area contributed by atoms with Gasteiger partial charge in [0, 0.05) is 6.42 Å². The van der Waals surface area contributed by atoms with Crippen molar-refractivity contribution in [3.8, 4) is 0 Å². The lowest BCUT2D eigenvalue weighted by molar-refractivity contribution is -0.295. The number of ether oxygens (including phenoxy) is 3. The molecule has 0 bridgehead atoms. The second-order valence-corrected chi connectivity index (χ2v) is 14.8. The Hall–Kier alpha value is -2.72. The van der Waals surface area contributed by atoms with Crippen LogP contribution in [0.2, 0.25) is 0 Å². The summed E-state index contributed by atoms with van der Waals surface area (Å²) in [7, 11) is 0. The van der Waals surface area contributed by atoms with E-state index >= 15 is 0 Å². The van der Waals surface area contributed by atoms with Crippen LogP contribution in [0.25, 0.3) is 0 Å². The fourth-order valence-electron chi connectivity index (χ4n) is 10.3. The number of carbonyl (C=O) groups excluding carboxylic acids is 2. The first-order valence-corrected chi connectivity index (χ1v) is 15.9. The number of esters is 1. The molecular formula is C35H44O9. The lowest BCUT2D eigenvalue weighted by Crippen LogP contribution is -2.75.